The van der Waals surface area contributed by atoms with Crippen LogP contribution in [0.15, 0.2) is 60.7 Å². The van der Waals surface area contributed by atoms with Gasteiger partial charge in [-0.2, -0.15) is 12.6 Å². The van der Waals surface area contributed by atoms with Gasteiger partial charge in [0.25, 0.3) is 0 Å². The Kier molecular flexibility index (Phi) is 4.30. The highest BCUT2D eigenvalue weighted by atomic mass is 79.9. The third-order valence-corrected chi connectivity index (χ3v) is 4.45. The Morgan fingerprint density at radius 2 is 1.24 bits per heavy atom. The predicted molar refractivity (Wildman–Crippen MR) is 81.1 cm³/mol. The second kappa shape index (κ2) is 5.74. The van der Waals surface area contributed by atoms with Crippen molar-refractivity contribution in [3.05, 3.63) is 71.8 Å². The van der Waals surface area contributed by atoms with Crippen LogP contribution in [0.25, 0.3) is 0 Å². The molecular weight excluding hydrogens is 292 g/mol. The van der Waals surface area contributed by atoms with Crippen LogP contribution in [0.5, 0.6) is 0 Å². The Morgan fingerprint density at radius 3 is 1.59 bits per heavy atom. The van der Waals surface area contributed by atoms with E-state index in [-0.39, 0.29) is 4.32 Å². The highest BCUT2D eigenvalue weighted by molar-refractivity contribution is 9.09. The molecule has 2 aromatic rings. The summed E-state index contributed by atoms with van der Waals surface area (Å²) >= 11 is 8.30. The molecular formula is C15H15BrS. The maximum Gasteiger partial charge on any atom is 0.0762 e. The van der Waals surface area contributed by atoms with Crippen molar-refractivity contribution in [2.75, 3.05) is 5.75 Å². The first-order valence-corrected chi connectivity index (χ1v) is 7.11. The minimum absolute atomic E-state index is 0.128. The van der Waals surface area contributed by atoms with Gasteiger partial charge >= 0.3 is 0 Å². The van der Waals surface area contributed by atoms with Gasteiger partial charge in [-0.1, -0.05) is 76.6 Å². The van der Waals surface area contributed by atoms with Gasteiger partial charge in [-0.05, 0) is 23.3 Å². The normalized spacial score (nSPS) is 11.4. The van der Waals surface area contributed by atoms with Crippen LogP contribution in [0, 0.1) is 0 Å². The molecule has 0 fully saturated rings. The molecule has 0 saturated heterocycles. The van der Waals surface area contributed by atoms with Gasteiger partial charge in [0.1, 0.15) is 0 Å². The molecule has 0 amide bonds. The number of benzene rings is 2. The van der Waals surface area contributed by atoms with Gasteiger partial charge in [-0.25, -0.2) is 0 Å². The summed E-state index contributed by atoms with van der Waals surface area (Å²) in [6, 6.07) is 21.0. The average molecular weight is 307 g/mol. The molecule has 0 unspecified atom stereocenters. The summed E-state index contributed by atoms with van der Waals surface area (Å²) in [5.41, 5.74) is 2.56. The molecule has 0 spiro atoms. The Hall–Kier alpha value is -0.730. The van der Waals surface area contributed by atoms with E-state index in [1.54, 1.807) is 0 Å². The van der Waals surface area contributed by atoms with Crippen LogP contribution in [0.1, 0.15) is 17.5 Å². The summed E-state index contributed by atoms with van der Waals surface area (Å²) in [6.07, 6.45) is 0.962. The third kappa shape index (κ3) is 2.75. The zero-order valence-electron chi connectivity index (χ0n) is 9.51. The zero-order valence-corrected chi connectivity index (χ0v) is 12.0. The van der Waals surface area contributed by atoms with Gasteiger partial charge < -0.3 is 0 Å². The molecule has 0 radical (unpaired) electrons. The van der Waals surface area contributed by atoms with E-state index >= 15 is 0 Å². The molecule has 88 valence electrons. The number of rotatable bonds is 4. The van der Waals surface area contributed by atoms with Crippen LogP contribution in [0.4, 0.5) is 0 Å². The van der Waals surface area contributed by atoms with Gasteiger partial charge in [0.05, 0.1) is 4.32 Å². The molecule has 0 aliphatic carbocycles. The number of hydrogen-bond acceptors (Lipinski definition) is 1. The van der Waals surface area contributed by atoms with E-state index in [4.69, 9.17) is 0 Å². The van der Waals surface area contributed by atoms with Crippen LogP contribution in [-0.2, 0) is 4.32 Å². The molecule has 0 N–H and O–H groups in total. The monoisotopic (exact) mass is 306 g/mol. The Bertz CT molecular complexity index is 413. The van der Waals surface area contributed by atoms with Crippen LogP contribution < -0.4 is 0 Å². The molecule has 0 aromatic heterocycles. The van der Waals surface area contributed by atoms with E-state index in [0.717, 1.165) is 12.2 Å². The van der Waals surface area contributed by atoms with Gasteiger partial charge in [0.2, 0.25) is 0 Å². The average Bonchev–Trinajstić information content (AvgIpc) is 2.41. The number of halogens is 1. The molecule has 17 heavy (non-hydrogen) atoms. The molecule has 0 saturated carbocycles. The van der Waals surface area contributed by atoms with Crippen molar-refractivity contribution in [2.45, 2.75) is 10.7 Å². The van der Waals surface area contributed by atoms with Crippen LogP contribution in [-0.4, -0.2) is 5.75 Å². The lowest BCUT2D eigenvalue weighted by Gasteiger charge is -2.28. The lowest BCUT2D eigenvalue weighted by molar-refractivity contribution is 0.735. The lowest BCUT2D eigenvalue weighted by atomic mass is 9.89. The highest BCUT2D eigenvalue weighted by Gasteiger charge is 2.29. The number of alkyl halides is 1. The summed E-state index contributed by atoms with van der Waals surface area (Å²) in [6.45, 7) is 0. The minimum atomic E-state index is -0.128. The van der Waals surface area contributed by atoms with Crippen LogP contribution >= 0.6 is 28.6 Å². The largest absolute Gasteiger partial charge is 0.179 e. The molecule has 0 heterocycles. The molecule has 0 nitrogen and oxygen atoms in total. The fourth-order valence-electron chi connectivity index (χ4n) is 2.01. The standard InChI is InChI=1S/C15H15BrS/c16-15(11-12-17,13-7-3-1-4-8-13)14-9-5-2-6-10-14/h1-10,17H,11-12H2. The van der Waals surface area contributed by atoms with Gasteiger partial charge in [0, 0.05) is 0 Å². The summed E-state index contributed by atoms with van der Waals surface area (Å²) in [4.78, 5) is 0. The maximum atomic E-state index is 4.38. The highest BCUT2D eigenvalue weighted by Crippen LogP contribution is 2.41. The van der Waals surface area contributed by atoms with E-state index in [2.05, 4.69) is 77.1 Å². The molecule has 0 aliphatic heterocycles. The van der Waals surface area contributed by atoms with Crippen molar-refractivity contribution >= 4 is 28.6 Å². The van der Waals surface area contributed by atoms with Gasteiger partial charge in [0.15, 0.2) is 0 Å². The van der Waals surface area contributed by atoms with E-state index in [9.17, 15) is 0 Å². The fraction of sp³-hybridized carbons (Fsp3) is 0.200. The first kappa shape index (κ1) is 12.7. The number of hydrogen-bond donors (Lipinski definition) is 1. The quantitative estimate of drug-likeness (QED) is 0.617. The van der Waals surface area contributed by atoms with Crippen LogP contribution in [0.2, 0.25) is 0 Å². The van der Waals surface area contributed by atoms with Crippen molar-refractivity contribution in [1.29, 1.82) is 0 Å². The minimum Gasteiger partial charge on any atom is -0.179 e. The molecule has 0 atom stereocenters. The van der Waals surface area contributed by atoms with Crippen molar-refractivity contribution in [3.8, 4) is 0 Å². The van der Waals surface area contributed by atoms with Crippen molar-refractivity contribution in [2.24, 2.45) is 0 Å². The van der Waals surface area contributed by atoms with E-state index < -0.39 is 0 Å². The molecule has 0 aliphatic rings. The van der Waals surface area contributed by atoms with Crippen molar-refractivity contribution < 1.29 is 0 Å². The van der Waals surface area contributed by atoms with E-state index in [0.29, 0.717) is 0 Å². The first-order chi connectivity index (χ1) is 8.27. The Morgan fingerprint density at radius 1 is 0.824 bits per heavy atom. The predicted octanol–water partition coefficient (Wildman–Crippen LogP) is 4.65. The molecule has 2 rings (SSSR count). The van der Waals surface area contributed by atoms with Crippen LogP contribution in [0.3, 0.4) is 0 Å². The van der Waals surface area contributed by atoms with Crippen molar-refractivity contribution in [3.63, 3.8) is 0 Å². The Labute approximate surface area is 117 Å². The molecule has 2 heteroatoms. The third-order valence-electron chi connectivity index (χ3n) is 2.92. The first-order valence-electron chi connectivity index (χ1n) is 5.68. The van der Waals surface area contributed by atoms with E-state index in [1.165, 1.54) is 11.1 Å². The molecule has 2 aromatic carbocycles. The second-order valence-electron chi connectivity index (χ2n) is 4.01. The summed E-state index contributed by atoms with van der Waals surface area (Å²) in [5, 5.41) is 0. The lowest BCUT2D eigenvalue weighted by Crippen LogP contribution is -2.20. The van der Waals surface area contributed by atoms with Crippen molar-refractivity contribution in [1.82, 2.24) is 0 Å². The van der Waals surface area contributed by atoms with Gasteiger partial charge in [-0.15, -0.1) is 0 Å². The summed E-state index contributed by atoms with van der Waals surface area (Å²) in [7, 11) is 0. The topological polar surface area (TPSA) is 0 Å². The zero-order chi connectivity index (χ0) is 12.1. The Balaban J connectivity index is 2.47. The molecule has 0 bridgehead atoms. The summed E-state index contributed by atoms with van der Waals surface area (Å²) < 4.78 is -0.128. The second-order valence-corrected chi connectivity index (χ2v) is 5.81. The van der Waals surface area contributed by atoms with Gasteiger partial charge in [-0.3, -0.25) is 0 Å². The smallest absolute Gasteiger partial charge is 0.0762 e. The fourth-order valence-corrected chi connectivity index (χ4v) is 3.38. The number of thiol groups is 1. The SMILES string of the molecule is SCCC(Br)(c1ccccc1)c1ccccc1. The van der Waals surface area contributed by atoms with E-state index in [1.807, 2.05) is 12.1 Å². The summed E-state index contributed by atoms with van der Waals surface area (Å²) in [5.74, 6) is 0.842. The maximum absolute atomic E-state index is 4.38.